The first-order valence-electron chi connectivity index (χ1n) is 11.9. The van der Waals surface area contributed by atoms with Crippen molar-refractivity contribution in [3.8, 4) is 17.2 Å². The van der Waals surface area contributed by atoms with Gasteiger partial charge >= 0.3 is 6.18 Å². The average molecular weight is 599 g/mol. The minimum Gasteiger partial charge on any atom is -0.325 e. The quantitative estimate of drug-likeness (QED) is 0.121. The number of aromatic nitrogens is 4. The molecule has 5 rings (SSSR count). The number of benzene rings is 3. The number of halogens is 4. The highest BCUT2D eigenvalue weighted by Gasteiger charge is 2.32. The van der Waals surface area contributed by atoms with Gasteiger partial charge in [0, 0.05) is 17.5 Å². The Balaban J connectivity index is 1.52. The fourth-order valence-corrected chi connectivity index (χ4v) is 4.92. The van der Waals surface area contributed by atoms with Crippen LogP contribution in [-0.4, -0.2) is 36.3 Å². The number of para-hydroxylation sites is 1. The normalized spacial score (nSPS) is 11.5. The van der Waals surface area contributed by atoms with Crippen molar-refractivity contribution >= 4 is 51.5 Å². The number of thioether (sulfide) groups is 1. The van der Waals surface area contributed by atoms with Crippen LogP contribution in [0.25, 0.3) is 28.1 Å². The zero-order chi connectivity index (χ0) is 29.3. The lowest BCUT2D eigenvalue weighted by atomic mass is 10.1. The van der Waals surface area contributed by atoms with Crippen molar-refractivity contribution in [1.29, 1.82) is 0 Å². The van der Waals surface area contributed by atoms with Gasteiger partial charge in [-0.1, -0.05) is 53.7 Å². The fraction of sp³-hybridized carbons (Fsp3) is 0.111. The van der Waals surface area contributed by atoms with Gasteiger partial charge in [-0.25, -0.2) is 4.98 Å². The second kappa shape index (κ2) is 11.2. The van der Waals surface area contributed by atoms with E-state index in [4.69, 9.17) is 11.6 Å². The van der Waals surface area contributed by atoms with E-state index in [0.717, 1.165) is 35.3 Å². The maximum absolute atomic E-state index is 13.6. The molecule has 0 bridgehead atoms. The van der Waals surface area contributed by atoms with Crippen molar-refractivity contribution in [3.05, 3.63) is 99.1 Å². The number of hydrogen-bond donors (Lipinski definition) is 1. The van der Waals surface area contributed by atoms with Crippen LogP contribution in [0.15, 0.2) is 78.0 Å². The molecule has 9 nitrogen and oxygen atoms in total. The molecule has 0 unspecified atom stereocenters. The molecule has 0 fully saturated rings. The number of hydrogen-bond acceptors (Lipinski definition) is 7. The number of fused-ring (bicyclic) bond motifs is 1. The first-order chi connectivity index (χ1) is 19.5. The van der Waals surface area contributed by atoms with Gasteiger partial charge in [0.05, 0.1) is 38.2 Å². The molecule has 2 aromatic heterocycles. The van der Waals surface area contributed by atoms with Crippen LogP contribution in [-0.2, 0) is 11.0 Å². The van der Waals surface area contributed by atoms with Crippen LogP contribution in [0.5, 0.6) is 0 Å². The summed E-state index contributed by atoms with van der Waals surface area (Å²) < 4.78 is 42.2. The fourth-order valence-electron chi connectivity index (χ4n) is 3.97. The summed E-state index contributed by atoms with van der Waals surface area (Å²) in [6.45, 7) is 1.68. The van der Waals surface area contributed by atoms with Crippen molar-refractivity contribution in [2.24, 2.45) is 0 Å². The zero-order valence-corrected chi connectivity index (χ0v) is 22.6. The molecular formula is C27H18ClF3N6O3S. The van der Waals surface area contributed by atoms with Crippen LogP contribution in [0.4, 0.5) is 24.5 Å². The number of nitrogens with one attached hydrogen (secondary N) is 1. The molecule has 41 heavy (non-hydrogen) atoms. The highest BCUT2D eigenvalue weighted by Crippen LogP contribution is 2.36. The Kier molecular flexibility index (Phi) is 7.65. The molecule has 14 heteroatoms. The van der Waals surface area contributed by atoms with Crippen molar-refractivity contribution in [3.63, 3.8) is 0 Å². The van der Waals surface area contributed by atoms with Crippen LogP contribution in [0.2, 0.25) is 5.02 Å². The summed E-state index contributed by atoms with van der Waals surface area (Å²) in [5.74, 6) is -0.634. The molecule has 0 aliphatic heterocycles. The van der Waals surface area contributed by atoms with E-state index >= 15 is 0 Å². The third-order valence-corrected chi connectivity index (χ3v) is 7.26. The lowest BCUT2D eigenvalue weighted by Gasteiger charge is -2.15. The van der Waals surface area contributed by atoms with Crippen LogP contribution < -0.4 is 5.32 Å². The summed E-state index contributed by atoms with van der Waals surface area (Å²) in [5.41, 5.74) is 0.659. The van der Waals surface area contributed by atoms with Gasteiger partial charge in [-0.2, -0.15) is 13.2 Å². The Hall–Kier alpha value is -4.49. The zero-order valence-electron chi connectivity index (χ0n) is 21.0. The maximum Gasteiger partial charge on any atom is 0.416 e. The van der Waals surface area contributed by atoms with Gasteiger partial charge in [0.15, 0.2) is 11.0 Å². The monoisotopic (exact) mass is 598 g/mol. The molecule has 0 radical (unpaired) electrons. The molecule has 3 aromatic carbocycles. The highest BCUT2D eigenvalue weighted by atomic mass is 35.5. The molecule has 0 saturated heterocycles. The Morgan fingerprint density at radius 3 is 2.61 bits per heavy atom. The third kappa shape index (κ3) is 6.00. The van der Waals surface area contributed by atoms with Crippen molar-refractivity contribution in [2.45, 2.75) is 18.3 Å². The smallest absolute Gasteiger partial charge is 0.325 e. The Bertz CT molecular complexity index is 1810. The number of carbonyl (C=O) groups is 1. The molecule has 0 spiro atoms. The average Bonchev–Trinajstić information content (AvgIpc) is 3.36. The van der Waals surface area contributed by atoms with Crippen molar-refractivity contribution in [2.75, 3.05) is 11.1 Å². The summed E-state index contributed by atoms with van der Waals surface area (Å²) in [6.07, 6.45) is -4.64. The molecule has 0 atom stereocenters. The van der Waals surface area contributed by atoms with E-state index < -0.39 is 22.6 Å². The van der Waals surface area contributed by atoms with Gasteiger partial charge in [-0.15, -0.1) is 10.2 Å². The summed E-state index contributed by atoms with van der Waals surface area (Å²) in [5, 5.41) is 23.0. The number of nitro groups is 1. The van der Waals surface area contributed by atoms with Gasteiger partial charge in [0.1, 0.15) is 5.69 Å². The first kappa shape index (κ1) is 28.1. The largest absolute Gasteiger partial charge is 0.416 e. The number of amides is 1. The standard InChI is InChI=1S/C27H18ClF3N6O3S/c1-15-6-9-18(37(39)40)13-22(15)33-24(38)14-41-26-35-34-25(21-11-7-16-4-2-3-5-20(16)32-21)36(26)23-12-17(27(29,30)31)8-10-19(23)28/h2-13H,14H2,1H3,(H,33,38). The van der Waals surface area contributed by atoms with Gasteiger partial charge in [0.2, 0.25) is 5.91 Å². The Morgan fingerprint density at radius 1 is 1.07 bits per heavy atom. The topological polar surface area (TPSA) is 116 Å². The molecule has 0 saturated carbocycles. The Morgan fingerprint density at radius 2 is 1.85 bits per heavy atom. The third-order valence-electron chi connectivity index (χ3n) is 6.01. The predicted octanol–water partition coefficient (Wildman–Crippen LogP) is 7.10. The highest BCUT2D eigenvalue weighted by molar-refractivity contribution is 7.99. The number of nitrogens with zero attached hydrogens (tertiary/aromatic N) is 5. The lowest BCUT2D eigenvalue weighted by Crippen LogP contribution is -2.15. The molecule has 2 heterocycles. The number of nitro benzene ring substituents is 1. The van der Waals surface area contributed by atoms with E-state index in [2.05, 4.69) is 20.5 Å². The van der Waals surface area contributed by atoms with Gasteiger partial charge in [-0.05, 0) is 42.8 Å². The maximum atomic E-state index is 13.6. The molecule has 1 N–H and O–H groups in total. The number of carbonyl (C=O) groups excluding carboxylic acids is 1. The lowest BCUT2D eigenvalue weighted by molar-refractivity contribution is -0.384. The molecule has 0 aliphatic carbocycles. The number of rotatable bonds is 7. The van der Waals surface area contributed by atoms with E-state index in [1.54, 1.807) is 31.2 Å². The minimum absolute atomic E-state index is 0.00152. The van der Waals surface area contributed by atoms with E-state index in [9.17, 15) is 28.1 Å². The molecular weight excluding hydrogens is 581 g/mol. The number of non-ortho nitro benzene ring substituents is 1. The molecule has 1 amide bonds. The van der Waals surface area contributed by atoms with Crippen molar-refractivity contribution < 1.29 is 22.9 Å². The summed E-state index contributed by atoms with van der Waals surface area (Å²) in [7, 11) is 0. The second-order valence-electron chi connectivity index (χ2n) is 8.79. The van der Waals surface area contributed by atoms with Crippen LogP contribution >= 0.6 is 23.4 Å². The molecule has 0 aliphatic rings. The van der Waals surface area contributed by atoms with E-state index in [1.165, 1.54) is 22.8 Å². The number of aryl methyl sites for hydroxylation is 1. The predicted molar refractivity (Wildman–Crippen MR) is 149 cm³/mol. The van der Waals surface area contributed by atoms with Gasteiger partial charge < -0.3 is 5.32 Å². The van der Waals surface area contributed by atoms with Crippen molar-refractivity contribution in [1.82, 2.24) is 19.7 Å². The van der Waals surface area contributed by atoms with E-state index in [0.29, 0.717) is 16.8 Å². The van der Waals surface area contributed by atoms with E-state index in [-0.39, 0.29) is 38.8 Å². The van der Waals surface area contributed by atoms with Gasteiger partial charge in [0.25, 0.3) is 5.69 Å². The van der Waals surface area contributed by atoms with E-state index in [1.807, 2.05) is 12.1 Å². The first-order valence-corrected chi connectivity index (χ1v) is 13.2. The van der Waals surface area contributed by atoms with Gasteiger partial charge in [-0.3, -0.25) is 19.5 Å². The number of pyridine rings is 1. The number of alkyl halides is 3. The molecule has 5 aromatic rings. The Labute approximate surface area is 239 Å². The SMILES string of the molecule is Cc1ccc([N+](=O)[O-])cc1NC(=O)CSc1nnc(-c2ccc3ccccc3n2)n1-c1cc(C(F)(F)F)ccc1Cl. The second-order valence-corrected chi connectivity index (χ2v) is 10.1. The summed E-state index contributed by atoms with van der Waals surface area (Å²) in [6, 6.07) is 17.7. The van der Waals surface area contributed by atoms with Crippen LogP contribution in [0.1, 0.15) is 11.1 Å². The minimum atomic E-state index is -4.64. The molecule has 208 valence electrons. The summed E-state index contributed by atoms with van der Waals surface area (Å²) in [4.78, 5) is 27.9. The number of anilines is 1. The summed E-state index contributed by atoms with van der Waals surface area (Å²) >= 11 is 7.29. The van der Waals surface area contributed by atoms with Crippen LogP contribution in [0.3, 0.4) is 0 Å². The van der Waals surface area contributed by atoms with Crippen LogP contribution in [0, 0.1) is 17.0 Å².